The van der Waals surface area contributed by atoms with Crippen LogP contribution >= 0.6 is 0 Å². The molecule has 4 N–H and O–H groups in total. The fourth-order valence-electron chi connectivity index (χ4n) is 3.47. The van der Waals surface area contributed by atoms with Crippen molar-refractivity contribution in [3.05, 3.63) is 59.5 Å². The van der Waals surface area contributed by atoms with Crippen LogP contribution in [0.2, 0.25) is 0 Å². The topological polar surface area (TPSA) is 94.1 Å². The zero-order valence-corrected chi connectivity index (χ0v) is 16.7. The third-order valence-electron chi connectivity index (χ3n) is 4.78. The van der Waals surface area contributed by atoms with Gasteiger partial charge in [0.25, 0.3) is 0 Å². The minimum Gasteiger partial charge on any atom is -0.456 e. The first-order valence-electron chi connectivity index (χ1n) is 9.24. The summed E-state index contributed by atoms with van der Waals surface area (Å²) in [6, 6.07) is 10.2. The van der Waals surface area contributed by atoms with E-state index in [0.717, 1.165) is 0 Å². The first-order valence-corrected chi connectivity index (χ1v) is 9.24. The van der Waals surface area contributed by atoms with Crippen LogP contribution in [0.5, 0.6) is 11.5 Å². The quantitative estimate of drug-likeness (QED) is 0.602. The maximum Gasteiger partial charge on any atom is 0.414 e. The monoisotopic (exact) mass is 400 g/mol. The van der Waals surface area contributed by atoms with Crippen molar-refractivity contribution in [2.75, 3.05) is 19.1 Å². The molecule has 7 nitrogen and oxygen atoms in total. The number of hydrazine groups is 1. The van der Waals surface area contributed by atoms with Gasteiger partial charge in [-0.2, -0.15) is 0 Å². The lowest BCUT2D eigenvalue weighted by Gasteiger charge is -2.35. The Morgan fingerprint density at radius 2 is 2.03 bits per heavy atom. The number of benzene rings is 2. The molecule has 2 aromatic carbocycles. The summed E-state index contributed by atoms with van der Waals surface area (Å²) in [5.41, 5.74) is 7.50. The van der Waals surface area contributed by atoms with E-state index in [1.807, 2.05) is 25.1 Å². The molecule has 0 fully saturated rings. The molecule has 1 heterocycles. The minimum atomic E-state index is -0.624. The fraction of sp³-hybridized carbons (Fsp3) is 0.286. The average molecular weight is 400 g/mol. The summed E-state index contributed by atoms with van der Waals surface area (Å²) in [5, 5.41) is 1.28. The van der Waals surface area contributed by atoms with Gasteiger partial charge in [0, 0.05) is 30.4 Å². The molecule has 1 aliphatic heterocycles. The molecule has 1 amide bonds. The van der Waals surface area contributed by atoms with Crippen molar-refractivity contribution in [1.82, 2.24) is 5.01 Å². The molecule has 154 valence electrons. The van der Waals surface area contributed by atoms with Crippen molar-refractivity contribution in [2.45, 2.75) is 25.8 Å². The number of nitrogens with two attached hydrogens (primary N) is 2. The summed E-state index contributed by atoms with van der Waals surface area (Å²) in [6.45, 7) is 1.85. The zero-order chi connectivity index (χ0) is 21.1. The molecular weight excluding hydrogens is 375 g/mol. The lowest BCUT2D eigenvalue weighted by molar-refractivity contribution is 0.175. The van der Waals surface area contributed by atoms with Crippen LogP contribution < -0.4 is 21.2 Å². The number of carbonyl (C=O) groups excluding carboxylic acids is 1. The summed E-state index contributed by atoms with van der Waals surface area (Å²) in [4.78, 5) is 13.7. The van der Waals surface area contributed by atoms with Crippen LogP contribution in [-0.4, -0.2) is 31.3 Å². The molecule has 0 bridgehead atoms. The van der Waals surface area contributed by atoms with Gasteiger partial charge in [0.1, 0.15) is 17.3 Å². The number of halogens is 1. The highest BCUT2D eigenvalue weighted by Gasteiger charge is 2.35. The number of para-hydroxylation sites is 1. The van der Waals surface area contributed by atoms with Crippen LogP contribution in [0.1, 0.15) is 24.5 Å². The number of hydrogen-bond acceptors (Lipinski definition) is 6. The summed E-state index contributed by atoms with van der Waals surface area (Å²) in [5.74, 6) is 6.06. The molecule has 0 saturated carbocycles. The zero-order valence-electron chi connectivity index (χ0n) is 16.7. The van der Waals surface area contributed by atoms with Gasteiger partial charge in [-0.05, 0) is 38.0 Å². The van der Waals surface area contributed by atoms with Crippen LogP contribution in [0.25, 0.3) is 5.70 Å². The molecule has 29 heavy (non-hydrogen) atoms. The number of methoxy groups -OCH3 is 1. The Hall–Kier alpha value is -3.26. The molecule has 2 aromatic rings. The van der Waals surface area contributed by atoms with Crippen molar-refractivity contribution in [3.8, 4) is 11.5 Å². The Morgan fingerprint density at radius 1 is 1.34 bits per heavy atom. The van der Waals surface area contributed by atoms with Gasteiger partial charge in [-0.25, -0.2) is 15.0 Å². The van der Waals surface area contributed by atoms with Gasteiger partial charge in [0.05, 0.1) is 18.5 Å². The first-order chi connectivity index (χ1) is 13.8. The number of ether oxygens (including phenoxy) is 2. The second kappa shape index (κ2) is 8.40. The lowest BCUT2D eigenvalue weighted by atomic mass is 9.92. The predicted molar refractivity (Wildman–Crippen MR) is 110 cm³/mol. The highest BCUT2D eigenvalue weighted by molar-refractivity contribution is 5.92. The van der Waals surface area contributed by atoms with Crippen molar-refractivity contribution in [2.24, 2.45) is 11.6 Å². The van der Waals surface area contributed by atoms with E-state index in [9.17, 15) is 4.79 Å². The summed E-state index contributed by atoms with van der Waals surface area (Å²) >= 11 is 0. The Bertz CT molecular complexity index is 931. The Labute approximate surface area is 169 Å². The second-order valence-electron chi connectivity index (χ2n) is 6.95. The molecule has 0 radical (unpaired) electrons. The maximum absolute atomic E-state index is 15.2. The van der Waals surface area contributed by atoms with Crippen LogP contribution in [-0.2, 0) is 11.2 Å². The first kappa shape index (κ1) is 20.5. The number of fused-ring (bicyclic) bond motifs is 1. The molecule has 1 aliphatic rings. The molecule has 0 aromatic heterocycles. The third-order valence-corrected chi connectivity index (χ3v) is 4.78. The van der Waals surface area contributed by atoms with E-state index in [-0.39, 0.29) is 17.4 Å². The van der Waals surface area contributed by atoms with Crippen molar-refractivity contribution < 1.29 is 18.7 Å². The van der Waals surface area contributed by atoms with Crippen LogP contribution in [0.3, 0.4) is 0 Å². The van der Waals surface area contributed by atoms with E-state index in [4.69, 9.17) is 21.1 Å². The SMILES string of the molecule is COC(=O)N1c2c(F)cc(/C(N)=C/N(C)N)c(Oc3ccccc3)c2CCC1C. The van der Waals surface area contributed by atoms with E-state index >= 15 is 4.39 Å². The second-order valence-corrected chi connectivity index (χ2v) is 6.95. The van der Waals surface area contributed by atoms with Crippen molar-refractivity contribution >= 4 is 17.5 Å². The van der Waals surface area contributed by atoms with E-state index < -0.39 is 11.9 Å². The van der Waals surface area contributed by atoms with Gasteiger partial charge in [0.2, 0.25) is 0 Å². The maximum atomic E-state index is 15.2. The van der Waals surface area contributed by atoms with E-state index in [2.05, 4.69) is 0 Å². The molecule has 0 spiro atoms. The molecule has 8 heteroatoms. The normalized spacial score (nSPS) is 16.2. The molecule has 0 aliphatic carbocycles. The van der Waals surface area contributed by atoms with E-state index in [0.29, 0.717) is 35.5 Å². The van der Waals surface area contributed by atoms with Gasteiger partial charge in [-0.1, -0.05) is 18.2 Å². The van der Waals surface area contributed by atoms with Crippen molar-refractivity contribution in [3.63, 3.8) is 0 Å². The minimum absolute atomic E-state index is 0.152. The summed E-state index contributed by atoms with van der Waals surface area (Å²) in [7, 11) is 2.88. The van der Waals surface area contributed by atoms with E-state index in [1.54, 1.807) is 19.2 Å². The van der Waals surface area contributed by atoms with Crippen LogP contribution in [0.4, 0.5) is 14.9 Å². The Morgan fingerprint density at radius 3 is 2.66 bits per heavy atom. The fourth-order valence-corrected chi connectivity index (χ4v) is 3.47. The lowest BCUT2D eigenvalue weighted by Crippen LogP contribution is -2.43. The van der Waals surface area contributed by atoms with Gasteiger partial charge < -0.3 is 20.2 Å². The third kappa shape index (κ3) is 4.12. The average Bonchev–Trinajstić information content (AvgIpc) is 2.69. The van der Waals surface area contributed by atoms with Crippen molar-refractivity contribution in [1.29, 1.82) is 0 Å². The van der Waals surface area contributed by atoms with Crippen LogP contribution in [0.15, 0.2) is 42.6 Å². The number of hydrogen-bond donors (Lipinski definition) is 2. The number of anilines is 1. The molecule has 3 rings (SSSR count). The smallest absolute Gasteiger partial charge is 0.414 e. The Balaban J connectivity index is 2.24. The number of amides is 1. The molecular formula is C21H25FN4O3. The summed E-state index contributed by atoms with van der Waals surface area (Å²) < 4.78 is 26.3. The van der Waals surface area contributed by atoms with Gasteiger partial charge >= 0.3 is 6.09 Å². The van der Waals surface area contributed by atoms with Gasteiger partial charge in [0.15, 0.2) is 0 Å². The number of carbonyl (C=O) groups is 1. The summed E-state index contributed by atoms with van der Waals surface area (Å²) in [6.07, 6.45) is 1.99. The largest absolute Gasteiger partial charge is 0.456 e. The number of nitrogens with zero attached hydrogens (tertiary/aromatic N) is 2. The van der Waals surface area contributed by atoms with Gasteiger partial charge in [-0.15, -0.1) is 0 Å². The van der Waals surface area contributed by atoms with E-state index in [1.165, 1.54) is 29.3 Å². The molecule has 1 unspecified atom stereocenters. The standard InChI is InChI=1S/C21H25FN4O3/c1-13-9-10-15-19(26(13)21(27)28-3)17(22)11-16(18(23)12-25(2)24)20(15)29-14-7-5-4-6-8-14/h4-8,11-13H,9-10,23-24H2,1-3H3/b18-12-. The van der Waals surface area contributed by atoms with Gasteiger partial charge in [-0.3, -0.25) is 4.90 Å². The predicted octanol–water partition coefficient (Wildman–Crippen LogP) is 3.59. The highest BCUT2D eigenvalue weighted by atomic mass is 19.1. The molecule has 0 saturated heterocycles. The highest BCUT2D eigenvalue weighted by Crippen LogP contribution is 2.44. The Kier molecular flexibility index (Phi) is 5.93. The number of rotatable bonds is 4. The molecule has 1 atom stereocenters. The van der Waals surface area contributed by atoms with Crippen LogP contribution in [0, 0.1) is 5.82 Å².